The summed E-state index contributed by atoms with van der Waals surface area (Å²) in [6.45, 7) is -0.0271. The van der Waals surface area contributed by atoms with Crippen molar-refractivity contribution in [2.75, 3.05) is 30.6 Å². The Morgan fingerprint density at radius 1 is 1.03 bits per heavy atom. The molecule has 3 aromatic rings. The van der Waals surface area contributed by atoms with Crippen LogP contribution in [0.3, 0.4) is 0 Å². The van der Waals surface area contributed by atoms with Gasteiger partial charge in [-0.3, -0.25) is 9.80 Å². The molecule has 0 unspecified atom stereocenters. The quantitative estimate of drug-likeness (QED) is 0.395. The highest BCUT2D eigenvalue weighted by Gasteiger charge is 2.35. The minimum atomic E-state index is -3.34. The van der Waals surface area contributed by atoms with Gasteiger partial charge in [0, 0.05) is 36.7 Å². The highest BCUT2D eigenvalue weighted by Crippen LogP contribution is 2.37. The molecule has 4 rings (SSSR count). The molecule has 0 saturated heterocycles. The molecule has 1 aromatic heterocycles. The lowest BCUT2D eigenvalue weighted by Gasteiger charge is -2.29. The first kappa shape index (κ1) is 25.2. The number of hydrogen-bond acceptors (Lipinski definition) is 4. The summed E-state index contributed by atoms with van der Waals surface area (Å²) in [5.74, 6) is -6.26. The van der Waals surface area contributed by atoms with E-state index >= 15 is 0 Å². The van der Waals surface area contributed by atoms with E-state index in [0.717, 1.165) is 28.0 Å². The monoisotopic (exact) mass is 507 g/mol. The summed E-state index contributed by atoms with van der Waals surface area (Å²) in [5, 5.41) is 0. The van der Waals surface area contributed by atoms with Crippen molar-refractivity contribution in [3.63, 3.8) is 0 Å². The largest absolute Gasteiger partial charge is 0.497 e. The Kier molecular flexibility index (Phi) is 6.75. The second-order valence-electron chi connectivity index (χ2n) is 8.22. The Labute approximate surface area is 203 Å². The van der Waals surface area contributed by atoms with Gasteiger partial charge in [-0.05, 0) is 24.6 Å². The zero-order valence-electron chi connectivity index (χ0n) is 19.6. The van der Waals surface area contributed by atoms with E-state index in [2.05, 4.69) is 4.98 Å². The lowest BCUT2D eigenvalue weighted by atomic mass is 10.1. The summed E-state index contributed by atoms with van der Waals surface area (Å²) in [7, 11) is 2.44. The van der Waals surface area contributed by atoms with Crippen molar-refractivity contribution in [3.8, 4) is 11.6 Å². The highest BCUT2D eigenvalue weighted by molar-refractivity contribution is 6.04. The summed E-state index contributed by atoms with van der Waals surface area (Å²) in [6.07, 6.45) is 1.19. The summed E-state index contributed by atoms with van der Waals surface area (Å²) in [6, 6.07) is 6.22. The molecule has 0 bridgehead atoms. The number of anilines is 2. The average Bonchev–Trinajstić information content (AvgIpc) is 2.97. The molecule has 0 radical (unpaired) electrons. The van der Waals surface area contributed by atoms with Gasteiger partial charge in [0.2, 0.25) is 5.88 Å². The number of pyridine rings is 1. The number of nitrogens with zero attached hydrogens (tertiary/aromatic N) is 3. The van der Waals surface area contributed by atoms with Crippen molar-refractivity contribution in [2.45, 2.75) is 25.8 Å². The van der Waals surface area contributed by atoms with E-state index in [-0.39, 0.29) is 41.5 Å². The van der Waals surface area contributed by atoms with E-state index in [0.29, 0.717) is 6.92 Å². The normalized spacial score (nSPS) is 13.9. The van der Waals surface area contributed by atoms with Crippen molar-refractivity contribution < 1.29 is 36.2 Å². The van der Waals surface area contributed by atoms with E-state index in [1.165, 1.54) is 38.6 Å². The molecular weight excluding hydrogens is 485 g/mol. The summed E-state index contributed by atoms with van der Waals surface area (Å²) >= 11 is 0. The fourth-order valence-electron chi connectivity index (χ4n) is 4.08. The lowest BCUT2D eigenvalue weighted by Crippen LogP contribution is -2.43. The van der Waals surface area contributed by atoms with Gasteiger partial charge in [0.05, 0.1) is 43.9 Å². The summed E-state index contributed by atoms with van der Waals surface area (Å²) in [4.78, 5) is 19.7. The number of ether oxygens (including phenoxy) is 2. The zero-order valence-corrected chi connectivity index (χ0v) is 19.6. The van der Waals surface area contributed by atoms with Crippen LogP contribution < -0.4 is 19.3 Å². The highest BCUT2D eigenvalue weighted by atomic mass is 19.3. The maximum absolute atomic E-state index is 14.8. The van der Waals surface area contributed by atoms with Gasteiger partial charge in [0.15, 0.2) is 0 Å². The molecule has 0 spiro atoms. The lowest BCUT2D eigenvalue weighted by molar-refractivity contribution is 0.0145. The summed E-state index contributed by atoms with van der Waals surface area (Å²) in [5.41, 5.74) is -0.757. The van der Waals surface area contributed by atoms with Crippen LogP contribution in [-0.2, 0) is 18.9 Å². The van der Waals surface area contributed by atoms with Crippen LogP contribution >= 0.6 is 0 Å². The van der Waals surface area contributed by atoms with E-state index in [9.17, 15) is 26.7 Å². The molecule has 0 atom stereocenters. The molecule has 1 aliphatic rings. The zero-order chi connectivity index (χ0) is 26.2. The average molecular weight is 507 g/mol. The molecule has 0 aliphatic carbocycles. The van der Waals surface area contributed by atoms with Gasteiger partial charge >= 0.3 is 6.03 Å². The number of urea groups is 1. The first-order valence-corrected chi connectivity index (χ1v) is 10.9. The summed E-state index contributed by atoms with van der Waals surface area (Å²) < 4.78 is 82.6. The van der Waals surface area contributed by atoms with Gasteiger partial charge in [-0.1, -0.05) is 6.07 Å². The smallest absolute Gasteiger partial charge is 0.329 e. The van der Waals surface area contributed by atoms with Crippen molar-refractivity contribution in [1.82, 2.24) is 4.98 Å². The van der Waals surface area contributed by atoms with E-state index in [1.54, 1.807) is 0 Å². The third-order valence-electron chi connectivity index (χ3n) is 5.91. The SMILES string of the molecule is COc1cc(F)c(CN2C(=O)N(c3cnc(OC)c(C(C)(F)F)c3)CCc3c(F)cccc32)c(F)c1. The molecule has 11 heteroatoms. The molecule has 36 heavy (non-hydrogen) atoms. The van der Waals surface area contributed by atoms with Crippen LogP contribution in [0.25, 0.3) is 0 Å². The van der Waals surface area contributed by atoms with Crippen LogP contribution in [0.4, 0.5) is 38.1 Å². The molecule has 2 heterocycles. The Morgan fingerprint density at radius 2 is 1.72 bits per heavy atom. The fraction of sp³-hybridized carbons (Fsp3) is 0.280. The van der Waals surface area contributed by atoms with Gasteiger partial charge in [-0.2, -0.15) is 0 Å². The standard InChI is InChI=1S/C25H22F5N3O3/c1-25(29,30)18-9-14(12-31-23(18)36-3)32-8-7-16-19(26)5-4-6-22(16)33(24(32)34)13-17-20(27)10-15(35-2)11-21(17)28/h4-6,9-12H,7-8,13H2,1-3H3. The maximum Gasteiger partial charge on any atom is 0.329 e. The van der Waals surface area contributed by atoms with E-state index < -0.39 is 47.1 Å². The van der Waals surface area contributed by atoms with Crippen LogP contribution in [0.5, 0.6) is 11.6 Å². The number of amides is 2. The fourth-order valence-corrected chi connectivity index (χ4v) is 4.08. The van der Waals surface area contributed by atoms with Crippen LogP contribution in [0.2, 0.25) is 0 Å². The minimum Gasteiger partial charge on any atom is -0.497 e. The second-order valence-corrected chi connectivity index (χ2v) is 8.22. The third-order valence-corrected chi connectivity index (χ3v) is 5.91. The molecule has 2 aromatic carbocycles. The Balaban J connectivity index is 1.82. The third kappa shape index (κ3) is 4.65. The number of carbonyl (C=O) groups is 1. The number of alkyl halides is 2. The maximum atomic E-state index is 14.8. The van der Waals surface area contributed by atoms with Crippen LogP contribution in [0, 0.1) is 17.5 Å². The number of fused-ring (bicyclic) bond motifs is 1. The second kappa shape index (κ2) is 9.63. The van der Waals surface area contributed by atoms with Gasteiger partial charge in [0.25, 0.3) is 5.92 Å². The van der Waals surface area contributed by atoms with Crippen LogP contribution in [-0.4, -0.2) is 31.8 Å². The molecular formula is C25H22F5N3O3. The number of rotatable bonds is 6. The van der Waals surface area contributed by atoms with Crippen molar-refractivity contribution in [2.24, 2.45) is 0 Å². The van der Waals surface area contributed by atoms with Gasteiger partial charge < -0.3 is 9.47 Å². The van der Waals surface area contributed by atoms with E-state index in [4.69, 9.17) is 9.47 Å². The number of benzene rings is 2. The van der Waals surface area contributed by atoms with Gasteiger partial charge in [-0.25, -0.2) is 31.7 Å². The predicted octanol–water partition coefficient (Wildman–Crippen LogP) is 5.82. The van der Waals surface area contributed by atoms with Crippen molar-refractivity contribution >= 4 is 17.4 Å². The van der Waals surface area contributed by atoms with E-state index in [1.807, 2.05) is 0 Å². The van der Waals surface area contributed by atoms with Crippen molar-refractivity contribution in [1.29, 1.82) is 0 Å². The number of methoxy groups -OCH3 is 2. The molecule has 190 valence electrons. The van der Waals surface area contributed by atoms with Crippen LogP contribution in [0.15, 0.2) is 42.6 Å². The minimum absolute atomic E-state index is 0.00814. The number of aromatic nitrogens is 1. The molecule has 0 saturated carbocycles. The predicted molar refractivity (Wildman–Crippen MR) is 122 cm³/mol. The molecule has 0 fully saturated rings. The Hall–Kier alpha value is -3.89. The topological polar surface area (TPSA) is 54.9 Å². The number of carbonyl (C=O) groups excluding carboxylic acids is 1. The van der Waals surface area contributed by atoms with Crippen LogP contribution in [0.1, 0.15) is 23.6 Å². The molecule has 6 nitrogen and oxygen atoms in total. The molecule has 0 N–H and O–H groups in total. The van der Waals surface area contributed by atoms with Gasteiger partial charge in [0.1, 0.15) is 23.2 Å². The van der Waals surface area contributed by atoms with Gasteiger partial charge in [-0.15, -0.1) is 0 Å². The number of halogens is 5. The Bertz CT molecular complexity index is 1290. The molecule has 1 aliphatic heterocycles. The first-order chi connectivity index (χ1) is 17.0. The number of hydrogen-bond donors (Lipinski definition) is 0. The first-order valence-electron chi connectivity index (χ1n) is 10.9. The Morgan fingerprint density at radius 3 is 2.33 bits per heavy atom. The molecule has 2 amide bonds. The van der Waals surface area contributed by atoms with Crippen molar-refractivity contribution in [3.05, 3.63) is 76.7 Å².